The quantitative estimate of drug-likeness (QED) is 0.561. The van der Waals surface area contributed by atoms with E-state index in [1.165, 1.54) is 17.4 Å². The molecule has 0 spiro atoms. The van der Waals surface area contributed by atoms with Gasteiger partial charge in [-0.2, -0.15) is 0 Å². The maximum Gasteiger partial charge on any atom is 0.0664 e. The summed E-state index contributed by atoms with van der Waals surface area (Å²) in [6.45, 7) is 0. The van der Waals surface area contributed by atoms with Gasteiger partial charge in [-0.1, -0.05) is 18.2 Å². The van der Waals surface area contributed by atoms with Crippen LogP contribution in [0.15, 0.2) is 29.3 Å². The van der Waals surface area contributed by atoms with Crippen LogP contribution >= 0.6 is 0 Å². The molecule has 0 bridgehead atoms. The lowest BCUT2D eigenvalue weighted by Crippen LogP contribution is -2.10. The summed E-state index contributed by atoms with van der Waals surface area (Å²) in [6, 6.07) is 8.23. The van der Waals surface area contributed by atoms with E-state index in [1.54, 1.807) is 0 Å². The average molecular weight is 166 g/mol. The lowest BCUT2D eigenvalue weighted by atomic mass is 9.87. The molecule has 1 aromatic carbocycles. The Morgan fingerprint density at radius 2 is 1.92 bits per heavy atom. The lowest BCUT2D eigenvalue weighted by Gasteiger charge is -2.20. The van der Waals surface area contributed by atoms with Crippen LogP contribution in [0.1, 0.15) is 5.56 Å². The van der Waals surface area contributed by atoms with Crippen molar-refractivity contribution < 1.29 is 0 Å². The van der Waals surface area contributed by atoms with Crippen LogP contribution < -0.4 is 0 Å². The molecule has 13 heavy (non-hydrogen) atoms. The molecule has 1 heteroatoms. The van der Waals surface area contributed by atoms with Crippen LogP contribution in [0.5, 0.6) is 0 Å². The van der Waals surface area contributed by atoms with E-state index in [4.69, 9.17) is 0 Å². The van der Waals surface area contributed by atoms with E-state index in [2.05, 4.69) is 36.4 Å². The van der Waals surface area contributed by atoms with Gasteiger partial charge in [0.2, 0.25) is 0 Å². The number of nitrogens with zero attached hydrogens (tertiary/aromatic N) is 1. The molecule has 0 saturated heterocycles. The molecule has 0 atom stereocenters. The largest absolute Gasteiger partial charge is 0.260 e. The maximum absolute atomic E-state index is 4.38. The summed E-state index contributed by atoms with van der Waals surface area (Å²) in [6.07, 6.45) is 8.23. The molecule has 1 aliphatic carbocycles. The van der Waals surface area contributed by atoms with E-state index < -0.39 is 0 Å². The Bertz CT molecular complexity index is 354. The Balaban J connectivity index is 2.13. The van der Waals surface area contributed by atoms with Gasteiger partial charge >= 0.3 is 0 Å². The van der Waals surface area contributed by atoms with E-state index >= 15 is 0 Å². The summed E-state index contributed by atoms with van der Waals surface area (Å²) in [5, 5.41) is 0. The van der Waals surface area contributed by atoms with E-state index in [1.807, 2.05) is 18.3 Å². The van der Waals surface area contributed by atoms with Crippen LogP contribution in [0.2, 0.25) is 0 Å². The summed E-state index contributed by atoms with van der Waals surface area (Å²) < 4.78 is 0. The fourth-order valence-electron chi connectivity index (χ4n) is 1.74. The number of hydrogen-bond acceptors (Lipinski definition) is 1. The first kappa shape index (κ1) is 7.31. The molecule has 1 heterocycles. The van der Waals surface area contributed by atoms with Gasteiger partial charge in [0.1, 0.15) is 0 Å². The minimum atomic E-state index is 1.07. The van der Waals surface area contributed by atoms with Crippen LogP contribution in [0.3, 0.4) is 0 Å². The number of hydrogen-bond donors (Lipinski definition) is 0. The minimum absolute atomic E-state index is 1.07. The van der Waals surface area contributed by atoms with Crippen molar-refractivity contribution in [1.29, 1.82) is 0 Å². The number of fused-ring (bicyclic) bond motifs is 3. The molecule has 61 valence electrons. The molecule has 1 aromatic rings. The highest BCUT2D eigenvalue weighted by Crippen LogP contribution is 2.43. The van der Waals surface area contributed by atoms with Crippen LogP contribution in [0.4, 0.5) is 5.69 Å². The van der Waals surface area contributed by atoms with Crippen LogP contribution in [-0.2, 0) is 0 Å². The van der Waals surface area contributed by atoms with Crippen molar-refractivity contribution in [2.24, 2.45) is 4.99 Å². The number of aliphatic imine (C=N–C) groups is 1. The third-order valence-electron chi connectivity index (χ3n) is 2.39. The smallest absolute Gasteiger partial charge is 0.0664 e. The van der Waals surface area contributed by atoms with Crippen molar-refractivity contribution >= 4 is 11.9 Å². The SMILES string of the molecule is [CH]1[CH][C]2C=Nc3ccccc3[C]2[CH]1. The van der Waals surface area contributed by atoms with Crippen LogP contribution in [0, 0.1) is 31.1 Å². The second-order valence-electron chi connectivity index (χ2n) is 3.17. The van der Waals surface area contributed by atoms with Crippen molar-refractivity contribution in [3.63, 3.8) is 0 Å². The molecule has 1 aliphatic heterocycles. The van der Waals surface area contributed by atoms with Crippen molar-refractivity contribution in [2.45, 2.75) is 0 Å². The molecule has 1 saturated carbocycles. The Hall–Kier alpha value is -1.11. The molecule has 0 amide bonds. The van der Waals surface area contributed by atoms with E-state index in [0.717, 1.165) is 5.69 Å². The highest BCUT2D eigenvalue weighted by Gasteiger charge is 2.32. The Morgan fingerprint density at radius 1 is 1.00 bits per heavy atom. The predicted molar refractivity (Wildman–Crippen MR) is 53.1 cm³/mol. The monoisotopic (exact) mass is 166 g/mol. The highest BCUT2D eigenvalue weighted by molar-refractivity contribution is 5.93. The van der Waals surface area contributed by atoms with Gasteiger partial charge in [-0.3, -0.25) is 4.99 Å². The second kappa shape index (κ2) is 2.69. The summed E-state index contributed by atoms with van der Waals surface area (Å²) >= 11 is 0. The molecule has 0 aromatic heterocycles. The van der Waals surface area contributed by atoms with E-state index in [9.17, 15) is 0 Å². The Labute approximate surface area is 78.5 Å². The highest BCUT2D eigenvalue weighted by atomic mass is 14.8. The van der Waals surface area contributed by atoms with Crippen LogP contribution in [0.25, 0.3) is 0 Å². The first-order chi connectivity index (χ1) is 6.45. The zero-order valence-electron chi connectivity index (χ0n) is 7.07. The summed E-state index contributed by atoms with van der Waals surface area (Å²) in [5.41, 5.74) is 2.31. The summed E-state index contributed by atoms with van der Waals surface area (Å²) in [5.74, 6) is 2.52. The topological polar surface area (TPSA) is 12.4 Å². The standard InChI is InChI=1S/C12H8N/c1-2-7-12-11(5-1)10-6-3-4-9(10)8-13-12/h1-8H. The Morgan fingerprint density at radius 3 is 2.92 bits per heavy atom. The van der Waals surface area contributed by atoms with E-state index in [0.29, 0.717) is 0 Å². The average Bonchev–Trinajstić information content (AvgIpc) is 2.65. The van der Waals surface area contributed by atoms with Crippen molar-refractivity contribution in [1.82, 2.24) is 0 Å². The summed E-state index contributed by atoms with van der Waals surface area (Å²) in [4.78, 5) is 4.38. The van der Waals surface area contributed by atoms with Crippen LogP contribution in [-0.4, -0.2) is 6.21 Å². The van der Waals surface area contributed by atoms with Crippen molar-refractivity contribution in [3.05, 3.63) is 60.9 Å². The van der Waals surface area contributed by atoms with Gasteiger partial charge in [-0.25, -0.2) is 0 Å². The normalized spacial score (nSPS) is 21.5. The molecule has 1 nitrogen and oxygen atoms in total. The van der Waals surface area contributed by atoms with Gasteiger partial charge in [0.25, 0.3) is 0 Å². The molecular weight excluding hydrogens is 158 g/mol. The van der Waals surface area contributed by atoms with Gasteiger partial charge in [0.15, 0.2) is 0 Å². The molecule has 5 radical (unpaired) electrons. The number of para-hydroxylation sites is 1. The van der Waals surface area contributed by atoms with Gasteiger partial charge < -0.3 is 0 Å². The van der Waals surface area contributed by atoms with Crippen molar-refractivity contribution in [2.75, 3.05) is 0 Å². The van der Waals surface area contributed by atoms with Gasteiger partial charge in [-0.05, 0) is 30.9 Å². The molecule has 3 rings (SSSR count). The zero-order valence-corrected chi connectivity index (χ0v) is 7.07. The molecule has 1 fully saturated rings. The molecule has 2 aliphatic rings. The minimum Gasteiger partial charge on any atom is -0.260 e. The first-order valence-corrected chi connectivity index (χ1v) is 4.34. The van der Waals surface area contributed by atoms with E-state index in [-0.39, 0.29) is 0 Å². The second-order valence-corrected chi connectivity index (χ2v) is 3.17. The van der Waals surface area contributed by atoms with Gasteiger partial charge in [0, 0.05) is 18.1 Å². The number of benzene rings is 1. The zero-order chi connectivity index (χ0) is 8.67. The third kappa shape index (κ3) is 1.03. The van der Waals surface area contributed by atoms with Gasteiger partial charge in [-0.15, -0.1) is 0 Å². The third-order valence-corrected chi connectivity index (χ3v) is 2.39. The first-order valence-electron chi connectivity index (χ1n) is 4.34. The molecular formula is C12H8N. The summed E-state index contributed by atoms with van der Waals surface area (Å²) in [7, 11) is 0. The lowest BCUT2D eigenvalue weighted by molar-refractivity contribution is 1.19. The molecule has 0 N–H and O–H groups in total. The van der Waals surface area contributed by atoms with Crippen molar-refractivity contribution in [3.8, 4) is 0 Å². The predicted octanol–water partition coefficient (Wildman–Crippen LogP) is 2.53. The fraction of sp³-hybridized carbons (Fsp3) is 0. The fourth-order valence-corrected chi connectivity index (χ4v) is 1.74. The molecule has 0 unspecified atom stereocenters. The van der Waals surface area contributed by atoms with Gasteiger partial charge in [0.05, 0.1) is 5.69 Å². The maximum atomic E-state index is 4.38. The number of rotatable bonds is 0. The Kier molecular flexibility index (Phi) is 1.51.